The summed E-state index contributed by atoms with van der Waals surface area (Å²) in [6, 6.07) is 30.2. The summed E-state index contributed by atoms with van der Waals surface area (Å²) in [5, 5.41) is 115. The fourth-order valence-electron chi connectivity index (χ4n) is 20.4. The average molecular weight is 2560 g/mol. The van der Waals surface area contributed by atoms with E-state index >= 15 is 0 Å². The van der Waals surface area contributed by atoms with Crippen molar-refractivity contribution in [2.24, 2.45) is 45.3 Å². The van der Waals surface area contributed by atoms with Gasteiger partial charge in [-0.1, -0.05) is 146 Å². The molecule has 4 saturated carbocycles. The predicted molar refractivity (Wildman–Crippen MR) is 423 cm³/mol. The minimum Gasteiger partial charge on any atom is -0.481 e. The number of carboxylic acid groups (broad SMARTS) is 1. The van der Waals surface area contributed by atoms with Gasteiger partial charge in [0.2, 0.25) is 18.1 Å². The molecule has 0 aromatic heterocycles. The summed E-state index contributed by atoms with van der Waals surface area (Å²) in [7, 11) is 0. The van der Waals surface area contributed by atoms with Crippen LogP contribution in [-0.2, 0) is 76.3 Å². The SMILES string of the molecule is CC1=C2C(O)C(=O)[C@]3(C)C(O)CC4OCC4(O)C3C(C)C(O)(CC1OC(=O)C(OC(=O)CCC(=O)O)C(NC(=O)c1ccccc1)c1ccccc1)C2(C)C.CCCOCCOCCNC(=O)CCC(=O)OC(C(=O)OC1CC2(O)C(C)C3C4(O)COC4CC(O)[C@@]3(C)C(=O)C(O)C(=C1C)C2(C)C)C(NC(=O)c1ccccc1)c1ccccc1.[Ac].[Ac].[Ac].[Ac]. The monoisotopic (exact) mass is 2560 g/mol. The Morgan fingerprint density at radius 3 is 1.19 bits per heavy atom. The number of rotatable bonds is 28. The second-order valence-electron chi connectivity index (χ2n) is 34.5. The number of carbonyl (C=O) groups excluding carboxylic acids is 9. The number of aliphatic hydroxyl groups excluding tert-OH is 4. The number of hydrogen-bond acceptors (Lipinski definition) is 26. The molecule has 4 aromatic carbocycles. The number of aliphatic carboxylic acids is 1. The van der Waals surface area contributed by atoms with Crippen LogP contribution in [0.1, 0.15) is 178 Å². The third kappa shape index (κ3) is 21.1. The molecule has 123 heavy (non-hydrogen) atoms. The van der Waals surface area contributed by atoms with Crippen molar-refractivity contribution in [3.63, 3.8) is 0 Å². The third-order valence-corrected chi connectivity index (χ3v) is 27.2. The number of aliphatic hydroxyl groups is 8. The van der Waals surface area contributed by atoms with Gasteiger partial charge in [-0.2, -0.15) is 0 Å². The first kappa shape index (κ1) is 107. The van der Waals surface area contributed by atoms with Crippen molar-refractivity contribution in [3.05, 3.63) is 166 Å². The number of fused-ring (bicyclic) bond motifs is 10. The molecule has 2 heterocycles. The van der Waals surface area contributed by atoms with Crippen molar-refractivity contribution in [1.29, 1.82) is 0 Å². The van der Waals surface area contributed by atoms with Gasteiger partial charge in [-0.25, -0.2) is 9.59 Å². The maximum absolute atomic E-state index is 14.8. The zero-order valence-electron chi connectivity index (χ0n) is 71.3. The second kappa shape index (κ2) is 43.9. The first-order chi connectivity index (χ1) is 56.1. The number of ketones is 2. The van der Waals surface area contributed by atoms with E-state index in [1.54, 1.807) is 177 Å². The van der Waals surface area contributed by atoms with Crippen LogP contribution in [0, 0.1) is 222 Å². The summed E-state index contributed by atoms with van der Waals surface area (Å²) < 4.78 is 46.0. The Labute approximate surface area is 858 Å². The van der Waals surface area contributed by atoms with E-state index in [-0.39, 0.29) is 268 Å². The van der Waals surface area contributed by atoms with E-state index in [0.29, 0.717) is 30.9 Å². The number of amides is 3. The molecule has 22 atom stereocenters. The molecular weight excluding hydrogens is 2450 g/mol. The van der Waals surface area contributed by atoms with Gasteiger partial charge in [0, 0.05) is 255 Å². The largest absolute Gasteiger partial charge is 0.481 e. The van der Waals surface area contributed by atoms with Gasteiger partial charge in [-0.05, 0) is 104 Å². The predicted octanol–water partition coefficient (Wildman–Crippen LogP) is 5.32. The fourth-order valence-corrected chi connectivity index (χ4v) is 20.4. The number of hydrogen-bond donors (Lipinski definition) is 12. The molecule has 658 valence electrons. The van der Waals surface area contributed by atoms with E-state index in [0.717, 1.165) is 6.42 Å². The van der Waals surface area contributed by atoms with E-state index in [2.05, 4.69) is 16.0 Å². The van der Waals surface area contributed by atoms with Crippen LogP contribution in [0.2, 0.25) is 0 Å². The van der Waals surface area contributed by atoms with E-state index in [1.807, 2.05) is 6.92 Å². The van der Waals surface area contributed by atoms with E-state index < -0.39 is 219 Å². The van der Waals surface area contributed by atoms with Gasteiger partial charge in [0.15, 0.2) is 11.6 Å². The number of benzene rings is 4. The Bertz CT molecular complexity index is 4510. The molecule has 30 nitrogen and oxygen atoms in total. The number of esters is 4. The van der Waals surface area contributed by atoms with Gasteiger partial charge in [-0.3, -0.25) is 38.4 Å². The second-order valence-corrected chi connectivity index (χ2v) is 34.5. The van der Waals surface area contributed by atoms with Crippen LogP contribution in [0.15, 0.2) is 144 Å². The van der Waals surface area contributed by atoms with Crippen molar-refractivity contribution < 1.29 is 308 Å². The number of carboxylic acids is 1. The first-order valence-electron chi connectivity index (χ1n) is 40.7. The smallest absolute Gasteiger partial charge is 0.350 e. The Morgan fingerprint density at radius 1 is 0.496 bits per heavy atom. The number of carbonyl (C=O) groups is 10. The van der Waals surface area contributed by atoms with Gasteiger partial charge >= 0.3 is 29.8 Å². The van der Waals surface area contributed by atoms with Crippen LogP contribution >= 0.6 is 0 Å². The molecule has 12 N–H and O–H groups in total. The molecule has 3 amide bonds. The number of nitrogens with one attached hydrogen (secondary N) is 3. The molecule has 0 spiro atoms. The number of Topliss-reactive ketones (excluding diaryl/α,β-unsaturated/α-hetero) is 2. The van der Waals surface area contributed by atoms with Crippen molar-refractivity contribution in [2.75, 3.05) is 46.2 Å². The minimum absolute atomic E-state index is 0. The normalized spacial score (nSPS) is 31.9. The summed E-state index contributed by atoms with van der Waals surface area (Å²) in [6.45, 7) is 19.7. The summed E-state index contributed by atoms with van der Waals surface area (Å²) >= 11 is 0. The van der Waals surface area contributed by atoms with Gasteiger partial charge in [0.1, 0.15) is 47.7 Å². The van der Waals surface area contributed by atoms with Crippen LogP contribution in [0.25, 0.3) is 0 Å². The molecule has 2 saturated heterocycles. The maximum Gasteiger partial charge on any atom is 0.350 e. The first-order valence-corrected chi connectivity index (χ1v) is 40.7. The molecule has 12 rings (SSSR count). The molecule has 6 aliphatic carbocycles. The molecule has 20 unspecified atom stereocenters. The van der Waals surface area contributed by atoms with Crippen LogP contribution < -0.4 is 16.0 Å². The van der Waals surface area contributed by atoms with Crippen LogP contribution in [-0.4, -0.2) is 235 Å². The molecular formula is C89H113Ac4N3O27. The summed E-state index contributed by atoms with van der Waals surface area (Å²) in [5.74, 6) is -12.8. The zero-order chi connectivity index (χ0) is 86.9. The van der Waals surface area contributed by atoms with E-state index in [4.69, 9.17) is 37.9 Å². The summed E-state index contributed by atoms with van der Waals surface area (Å²) in [5.41, 5.74) is -11.2. The van der Waals surface area contributed by atoms with Gasteiger partial charge in [-0.15, -0.1) is 0 Å². The Hall–Kier alpha value is -3.25. The van der Waals surface area contributed by atoms with E-state index in [9.17, 15) is 93.9 Å². The van der Waals surface area contributed by atoms with Gasteiger partial charge in [0.05, 0.1) is 98.7 Å². The Kier molecular flexibility index (Phi) is 38.1. The van der Waals surface area contributed by atoms with Gasteiger partial charge < -0.3 is 99.8 Å². The molecule has 8 aliphatic rings. The minimum atomic E-state index is -1.89. The Balaban J connectivity index is 0.000000331. The molecule has 4 aromatic rings. The van der Waals surface area contributed by atoms with E-state index in [1.165, 1.54) is 13.8 Å². The van der Waals surface area contributed by atoms with Crippen molar-refractivity contribution in [1.82, 2.24) is 16.0 Å². The molecule has 4 radical (unpaired) electrons. The van der Waals surface area contributed by atoms with Crippen LogP contribution in [0.5, 0.6) is 0 Å². The molecule has 6 fully saturated rings. The number of ether oxygens (including phenoxy) is 8. The third-order valence-electron chi connectivity index (χ3n) is 27.2. The maximum atomic E-state index is 14.8. The van der Waals surface area contributed by atoms with Crippen molar-refractivity contribution in [2.45, 2.75) is 229 Å². The quantitative estimate of drug-likeness (QED) is 0.0148. The van der Waals surface area contributed by atoms with Crippen molar-refractivity contribution >= 4 is 59.1 Å². The summed E-state index contributed by atoms with van der Waals surface area (Å²) in [4.78, 5) is 137. The van der Waals surface area contributed by atoms with Crippen LogP contribution in [0.3, 0.4) is 0 Å². The average Bonchev–Trinajstić information content (AvgIpc) is 0.679. The van der Waals surface area contributed by atoms with Crippen LogP contribution in [0.4, 0.5) is 0 Å². The molecule has 2 aliphatic heterocycles. The van der Waals surface area contributed by atoms with Crippen molar-refractivity contribution in [3.8, 4) is 0 Å². The van der Waals surface area contributed by atoms with Gasteiger partial charge in [0.25, 0.3) is 11.8 Å². The standard InChI is InChI=1S/C48H64N2O14.C41H49NO13.4Ac/c1-7-21-60-23-24-61-22-20-49-35(52)18-19-36(53)64-40(38(30-14-10-8-11-15-30)50-43(56)31-16-12-9-13-17-31)44(57)63-32-26-48(59)29(3)41-46(6,33(51)25-34-47(41,58)27-62-34)42(55)39(54)37(28(32)2)45(48,4)5;1-21-25(19-41(52)22(2)34-39(5,26(43)18-27-40(34,51)20-53-27)35(48)32(47)30(21)38(41,3)4)54-37(50)33(55-29(46)17-16-28(44)45)31(23-12-8-6-9-13-23)42-36(49)24-14-10-7-11-15-24;;;;/h8-17,29,32-34,38-41,51,54,58-59H,7,18-27H2,1-6H3,(H,49,52)(H,50,56);6-15,22,25-27,31-34,43,47,51-52H,16-20H2,1-5H3,(H,42,49)(H,44,45);;;;/t29?,32?,33?,34?,38?,39?,40?,41?,46-,47?,48?;22?,25?,26?,27?,31?,32?,33?,34?,39-,40?,41?;;;;/m11..../s1. The summed E-state index contributed by atoms with van der Waals surface area (Å²) in [6.07, 6.45) is -16.1. The zero-order valence-corrected chi connectivity index (χ0v) is 90.3. The molecule has 34 heteroatoms. The molecule has 4 bridgehead atoms. The Morgan fingerprint density at radius 2 is 0.846 bits per heavy atom. The topological polar surface area (TPSA) is 463 Å². The fraction of sp³-hybridized carbons (Fsp3) is 0.573.